The molecule has 1 aliphatic carbocycles. The number of rotatable bonds is 8. The van der Waals surface area contributed by atoms with Crippen LogP contribution in [0.3, 0.4) is 0 Å². The molecule has 1 unspecified atom stereocenters. The highest BCUT2D eigenvalue weighted by Gasteiger charge is 2.29. The van der Waals surface area contributed by atoms with Gasteiger partial charge in [0.2, 0.25) is 5.82 Å². The third kappa shape index (κ3) is 4.62. The van der Waals surface area contributed by atoms with Crippen LogP contribution >= 0.6 is 0 Å². The lowest BCUT2D eigenvalue weighted by Crippen LogP contribution is -2.12. The van der Waals surface area contributed by atoms with Crippen LogP contribution in [0.25, 0.3) is 33.7 Å². The largest absolute Gasteiger partial charge is 0.497 e. The van der Waals surface area contributed by atoms with E-state index in [-0.39, 0.29) is 6.04 Å². The maximum Gasteiger partial charge on any atom is 0.205 e. The summed E-state index contributed by atoms with van der Waals surface area (Å²) >= 11 is 0. The van der Waals surface area contributed by atoms with Crippen molar-refractivity contribution in [1.29, 1.82) is 0 Å². The predicted molar refractivity (Wildman–Crippen MR) is 164 cm³/mol. The zero-order chi connectivity index (χ0) is 28.6. The molecule has 0 saturated heterocycles. The lowest BCUT2D eigenvalue weighted by Gasteiger charge is -2.18. The molecule has 8 heteroatoms. The molecule has 0 amide bonds. The van der Waals surface area contributed by atoms with Crippen LogP contribution in [-0.4, -0.2) is 42.3 Å². The molecule has 3 heterocycles. The fourth-order valence-corrected chi connectivity index (χ4v) is 6.33. The fraction of sp³-hybridized carbons (Fsp3) is 0.265. The summed E-state index contributed by atoms with van der Waals surface area (Å²) in [6, 6.07) is 25.8. The van der Waals surface area contributed by atoms with Crippen molar-refractivity contribution in [2.24, 2.45) is 0 Å². The van der Waals surface area contributed by atoms with Crippen molar-refractivity contribution in [3.63, 3.8) is 0 Å². The Morgan fingerprint density at radius 3 is 2.55 bits per heavy atom. The Morgan fingerprint density at radius 1 is 0.952 bits per heavy atom. The standard InChI is InChI=1S/C34H33N7O/c1-4-31-36-32-21(2)19-25(14-9-22-10-15-26(42-3)16-11-22)35-34(32)41(31)30-18-13-24-20-23(12-17-28(24)30)27-7-5-6-8-29(27)33-37-39-40-38-33/h5-8,10-12,15-17,19-20,30H,4,9,13-14,18H2,1-3H3,(H,37,38,39,40). The molecule has 0 fully saturated rings. The van der Waals surface area contributed by atoms with Gasteiger partial charge in [0.1, 0.15) is 17.1 Å². The third-order valence-corrected chi connectivity index (χ3v) is 8.44. The summed E-state index contributed by atoms with van der Waals surface area (Å²) < 4.78 is 7.73. The van der Waals surface area contributed by atoms with Gasteiger partial charge >= 0.3 is 0 Å². The van der Waals surface area contributed by atoms with Crippen LogP contribution in [-0.2, 0) is 25.7 Å². The highest BCUT2D eigenvalue weighted by molar-refractivity contribution is 5.81. The molecular weight excluding hydrogens is 522 g/mol. The number of fused-ring (bicyclic) bond motifs is 2. The lowest BCUT2D eigenvalue weighted by molar-refractivity contribution is 0.414. The Bertz CT molecular complexity index is 1870. The molecule has 1 atom stereocenters. The van der Waals surface area contributed by atoms with Gasteiger partial charge in [-0.2, -0.15) is 5.21 Å². The molecule has 1 aliphatic rings. The predicted octanol–water partition coefficient (Wildman–Crippen LogP) is 6.48. The number of imidazole rings is 1. The summed E-state index contributed by atoms with van der Waals surface area (Å²) in [4.78, 5) is 10.3. The number of benzene rings is 3. The van der Waals surface area contributed by atoms with E-state index >= 15 is 0 Å². The third-order valence-electron chi connectivity index (χ3n) is 8.44. The van der Waals surface area contributed by atoms with Crippen LogP contribution in [0.1, 0.15) is 53.2 Å². The first-order valence-electron chi connectivity index (χ1n) is 14.6. The minimum absolute atomic E-state index is 0.213. The number of nitrogens with one attached hydrogen (secondary N) is 1. The number of aromatic nitrogens is 7. The smallest absolute Gasteiger partial charge is 0.205 e. The molecule has 6 aromatic rings. The molecule has 0 spiro atoms. The van der Waals surface area contributed by atoms with E-state index in [1.54, 1.807) is 7.11 Å². The van der Waals surface area contributed by atoms with Crippen LogP contribution in [0.5, 0.6) is 5.75 Å². The van der Waals surface area contributed by atoms with Gasteiger partial charge in [0, 0.05) is 17.7 Å². The molecule has 0 bridgehead atoms. The topological polar surface area (TPSA) is 94.4 Å². The normalized spacial score (nSPS) is 14.4. The Kier molecular flexibility index (Phi) is 6.74. The molecule has 42 heavy (non-hydrogen) atoms. The van der Waals surface area contributed by atoms with Crippen molar-refractivity contribution in [3.8, 4) is 28.3 Å². The minimum Gasteiger partial charge on any atom is -0.497 e. The first-order chi connectivity index (χ1) is 20.6. The second kappa shape index (κ2) is 10.9. The van der Waals surface area contributed by atoms with Crippen LogP contribution in [0.2, 0.25) is 0 Å². The number of ether oxygens (including phenoxy) is 1. The average molecular weight is 556 g/mol. The quantitative estimate of drug-likeness (QED) is 0.231. The maximum absolute atomic E-state index is 5.31. The van der Waals surface area contributed by atoms with Crippen molar-refractivity contribution < 1.29 is 4.74 Å². The Balaban J connectivity index is 1.23. The summed E-state index contributed by atoms with van der Waals surface area (Å²) in [6.07, 6.45) is 4.70. The number of tetrazole rings is 1. The fourth-order valence-electron chi connectivity index (χ4n) is 6.33. The second-order valence-electron chi connectivity index (χ2n) is 11.0. The van der Waals surface area contributed by atoms with E-state index in [2.05, 4.69) is 87.6 Å². The van der Waals surface area contributed by atoms with Crippen LogP contribution in [0, 0.1) is 6.92 Å². The van der Waals surface area contributed by atoms with Crippen molar-refractivity contribution in [2.45, 2.75) is 52.0 Å². The van der Waals surface area contributed by atoms with Crippen molar-refractivity contribution in [3.05, 3.63) is 107 Å². The summed E-state index contributed by atoms with van der Waals surface area (Å²) in [5.41, 5.74) is 11.5. The summed E-state index contributed by atoms with van der Waals surface area (Å²) in [7, 11) is 1.70. The number of H-pyrrole nitrogens is 1. The number of methoxy groups -OCH3 is 1. The molecular formula is C34H33N7O. The number of aryl methyl sites for hydroxylation is 5. The summed E-state index contributed by atoms with van der Waals surface area (Å²) in [5, 5.41) is 14.8. The Morgan fingerprint density at radius 2 is 1.79 bits per heavy atom. The van der Waals surface area contributed by atoms with Gasteiger partial charge < -0.3 is 9.30 Å². The number of nitrogens with zero attached hydrogens (tertiary/aromatic N) is 6. The monoisotopic (exact) mass is 555 g/mol. The number of hydrogen-bond donors (Lipinski definition) is 1. The molecule has 8 nitrogen and oxygen atoms in total. The number of hydrogen-bond acceptors (Lipinski definition) is 6. The molecule has 1 N–H and O–H groups in total. The van der Waals surface area contributed by atoms with Gasteiger partial charge in [0.05, 0.1) is 13.2 Å². The van der Waals surface area contributed by atoms with Crippen LogP contribution in [0.15, 0.2) is 72.8 Å². The van der Waals surface area contributed by atoms with E-state index in [9.17, 15) is 0 Å². The van der Waals surface area contributed by atoms with Crippen molar-refractivity contribution in [1.82, 2.24) is 35.2 Å². The van der Waals surface area contributed by atoms with E-state index in [0.29, 0.717) is 5.82 Å². The molecule has 0 radical (unpaired) electrons. The van der Waals surface area contributed by atoms with Gasteiger partial charge in [-0.3, -0.25) is 0 Å². The second-order valence-corrected chi connectivity index (χ2v) is 11.0. The first-order valence-corrected chi connectivity index (χ1v) is 14.6. The molecule has 0 aliphatic heterocycles. The Hall–Kier alpha value is -4.85. The van der Waals surface area contributed by atoms with Gasteiger partial charge in [-0.15, -0.1) is 10.2 Å². The molecule has 210 valence electrons. The number of pyridine rings is 1. The highest BCUT2D eigenvalue weighted by atomic mass is 16.5. The van der Waals surface area contributed by atoms with Gasteiger partial charge in [-0.25, -0.2) is 9.97 Å². The average Bonchev–Trinajstić information content (AvgIpc) is 3.79. The first kappa shape index (κ1) is 26.1. The summed E-state index contributed by atoms with van der Waals surface area (Å²) in [6.45, 7) is 4.35. The number of aromatic amines is 1. The molecule has 0 saturated carbocycles. The van der Waals surface area contributed by atoms with Gasteiger partial charge in [0.15, 0.2) is 5.65 Å². The highest BCUT2D eigenvalue weighted by Crippen LogP contribution is 2.40. The van der Waals surface area contributed by atoms with Crippen LogP contribution in [0.4, 0.5) is 0 Å². The van der Waals surface area contributed by atoms with E-state index in [4.69, 9.17) is 14.7 Å². The molecule has 3 aromatic heterocycles. The van der Waals surface area contributed by atoms with Crippen molar-refractivity contribution >= 4 is 11.2 Å². The van der Waals surface area contributed by atoms with E-state index in [1.165, 1.54) is 22.3 Å². The molecule has 7 rings (SSSR count). The van der Waals surface area contributed by atoms with Gasteiger partial charge in [-0.05, 0) is 89.4 Å². The van der Waals surface area contributed by atoms with Crippen LogP contribution < -0.4 is 4.74 Å². The van der Waals surface area contributed by atoms with E-state index in [0.717, 1.165) is 77.2 Å². The maximum atomic E-state index is 5.31. The van der Waals surface area contributed by atoms with Gasteiger partial charge in [-0.1, -0.05) is 61.5 Å². The minimum atomic E-state index is 0.213. The van der Waals surface area contributed by atoms with Gasteiger partial charge in [0.25, 0.3) is 0 Å². The zero-order valence-electron chi connectivity index (χ0n) is 24.1. The Labute approximate surface area is 244 Å². The summed E-state index contributed by atoms with van der Waals surface area (Å²) in [5.74, 6) is 2.58. The lowest BCUT2D eigenvalue weighted by atomic mass is 9.96. The van der Waals surface area contributed by atoms with E-state index < -0.39 is 0 Å². The molecule has 3 aromatic carbocycles. The zero-order valence-corrected chi connectivity index (χ0v) is 24.1. The SMILES string of the molecule is CCc1nc2c(C)cc(CCc3ccc(OC)cc3)nc2n1C1CCc2cc(-c3ccccc3-c3nn[nH]n3)ccc21. The van der Waals surface area contributed by atoms with Crippen molar-refractivity contribution in [2.75, 3.05) is 7.11 Å². The van der Waals surface area contributed by atoms with E-state index in [1.807, 2.05) is 24.3 Å².